The molecular formula is C17H19N3O3. The van der Waals surface area contributed by atoms with Crippen LogP contribution in [0.2, 0.25) is 0 Å². The zero-order valence-electron chi connectivity index (χ0n) is 12.9. The van der Waals surface area contributed by atoms with Crippen LogP contribution in [0.1, 0.15) is 24.4 Å². The molecule has 0 spiro atoms. The molecule has 4 rings (SSSR count). The van der Waals surface area contributed by atoms with Crippen LogP contribution in [-0.2, 0) is 11.3 Å². The standard InChI is InChI=1S/C17H19N3O3/c21-17(12-19-7-2-6-18-19)20-8-1-3-14(20)13-4-5-15-16(11-13)23-10-9-22-15/h2,4-7,11,14H,1,3,8-10,12H2/t14-/m0/s1. The molecule has 2 aliphatic rings. The third-order valence-corrected chi connectivity index (χ3v) is 4.38. The second kappa shape index (κ2) is 5.95. The van der Waals surface area contributed by atoms with Crippen LogP contribution in [0, 0.1) is 0 Å². The van der Waals surface area contributed by atoms with Crippen molar-refractivity contribution >= 4 is 5.91 Å². The summed E-state index contributed by atoms with van der Waals surface area (Å²) in [4.78, 5) is 14.5. The van der Waals surface area contributed by atoms with Crippen LogP contribution >= 0.6 is 0 Å². The van der Waals surface area contributed by atoms with Gasteiger partial charge in [0.15, 0.2) is 11.5 Å². The molecule has 3 heterocycles. The molecule has 1 fully saturated rings. The van der Waals surface area contributed by atoms with Crippen molar-refractivity contribution in [1.82, 2.24) is 14.7 Å². The summed E-state index contributed by atoms with van der Waals surface area (Å²) in [6.07, 6.45) is 5.50. The van der Waals surface area contributed by atoms with Crippen LogP contribution in [-0.4, -0.2) is 40.3 Å². The Morgan fingerprint density at radius 1 is 1.26 bits per heavy atom. The van der Waals surface area contributed by atoms with Gasteiger partial charge in [-0.1, -0.05) is 6.07 Å². The number of hydrogen-bond acceptors (Lipinski definition) is 4. The number of likely N-dealkylation sites (tertiary alicyclic amines) is 1. The Morgan fingerprint density at radius 3 is 2.96 bits per heavy atom. The van der Waals surface area contributed by atoms with Crippen molar-refractivity contribution in [2.45, 2.75) is 25.4 Å². The van der Waals surface area contributed by atoms with E-state index >= 15 is 0 Å². The maximum atomic E-state index is 12.6. The number of carbonyl (C=O) groups excluding carboxylic acids is 1. The maximum Gasteiger partial charge on any atom is 0.244 e. The van der Waals surface area contributed by atoms with Crippen molar-refractivity contribution in [2.24, 2.45) is 0 Å². The summed E-state index contributed by atoms with van der Waals surface area (Å²) in [5, 5.41) is 4.12. The van der Waals surface area contributed by atoms with Gasteiger partial charge in [-0.05, 0) is 36.6 Å². The lowest BCUT2D eigenvalue weighted by molar-refractivity contribution is -0.133. The highest BCUT2D eigenvalue weighted by Crippen LogP contribution is 2.38. The number of amides is 1. The van der Waals surface area contributed by atoms with Crippen LogP contribution in [0.5, 0.6) is 11.5 Å². The molecule has 0 aliphatic carbocycles. The van der Waals surface area contributed by atoms with Gasteiger partial charge >= 0.3 is 0 Å². The van der Waals surface area contributed by atoms with Gasteiger partial charge in [-0.15, -0.1) is 0 Å². The maximum absolute atomic E-state index is 12.6. The van der Waals surface area contributed by atoms with Gasteiger partial charge in [-0.2, -0.15) is 5.10 Å². The fourth-order valence-electron chi connectivity index (χ4n) is 3.30. The number of carbonyl (C=O) groups is 1. The number of nitrogens with zero attached hydrogens (tertiary/aromatic N) is 3. The number of rotatable bonds is 3. The van der Waals surface area contributed by atoms with E-state index in [2.05, 4.69) is 5.10 Å². The van der Waals surface area contributed by atoms with E-state index in [9.17, 15) is 4.79 Å². The van der Waals surface area contributed by atoms with Crippen molar-refractivity contribution < 1.29 is 14.3 Å². The van der Waals surface area contributed by atoms with Gasteiger partial charge in [0.25, 0.3) is 0 Å². The first-order valence-electron chi connectivity index (χ1n) is 7.98. The molecule has 1 aromatic heterocycles. The Hall–Kier alpha value is -2.50. The molecule has 6 nitrogen and oxygen atoms in total. The first kappa shape index (κ1) is 14.1. The molecule has 0 radical (unpaired) electrons. The zero-order valence-corrected chi connectivity index (χ0v) is 12.9. The van der Waals surface area contributed by atoms with Gasteiger partial charge in [0, 0.05) is 18.9 Å². The van der Waals surface area contributed by atoms with Crippen molar-refractivity contribution in [1.29, 1.82) is 0 Å². The van der Waals surface area contributed by atoms with Crippen molar-refractivity contribution in [3.63, 3.8) is 0 Å². The van der Waals surface area contributed by atoms with Crippen LogP contribution in [0.3, 0.4) is 0 Å². The zero-order chi connectivity index (χ0) is 15.6. The third kappa shape index (κ3) is 2.76. The van der Waals surface area contributed by atoms with Crippen LogP contribution in [0.4, 0.5) is 0 Å². The molecule has 1 amide bonds. The molecule has 0 unspecified atom stereocenters. The highest BCUT2D eigenvalue weighted by molar-refractivity contribution is 5.76. The molecule has 1 saturated heterocycles. The molecule has 0 bridgehead atoms. The summed E-state index contributed by atoms with van der Waals surface area (Å²) in [5.74, 6) is 1.67. The fraction of sp³-hybridized carbons (Fsp3) is 0.412. The van der Waals surface area contributed by atoms with E-state index < -0.39 is 0 Å². The van der Waals surface area contributed by atoms with E-state index in [4.69, 9.17) is 9.47 Å². The lowest BCUT2D eigenvalue weighted by Gasteiger charge is -2.26. The monoisotopic (exact) mass is 313 g/mol. The number of ether oxygens (including phenoxy) is 2. The Kier molecular flexibility index (Phi) is 3.65. The summed E-state index contributed by atoms with van der Waals surface area (Å²) < 4.78 is 12.9. The van der Waals surface area contributed by atoms with E-state index in [-0.39, 0.29) is 18.5 Å². The summed E-state index contributed by atoms with van der Waals surface area (Å²) in [7, 11) is 0. The normalized spacial score (nSPS) is 19.8. The summed E-state index contributed by atoms with van der Waals surface area (Å²) in [6.45, 7) is 2.24. The smallest absolute Gasteiger partial charge is 0.244 e. The van der Waals surface area contributed by atoms with Gasteiger partial charge in [-0.3, -0.25) is 9.48 Å². The van der Waals surface area contributed by atoms with E-state index in [1.54, 1.807) is 10.9 Å². The Labute approximate surface area is 134 Å². The Bertz CT molecular complexity index is 699. The molecule has 23 heavy (non-hydrogen) atoms. The molecule has 2 aromatic rings. The number of fused-ring (bicyclic) bond motifs is 1. The number of hydrogen-bond donors (Lipinski definition) is 0. The Balaban J connectivity index is 1.54. The van der Waals surface area contributed by atoms with Crippen molar-refractivity contribution in [3.05, 3.63) is 42.2 Å². The summed E-state index contributed by atoms with van der Waals surface area (Å²) >= 11 is 0. The molecule has 1 aromatic carbocycles. The van der Waals surface area contributed by atoms with Crippen LogP contribution in [0.25, 0.3) is 0 Å². The SMILES string of the molecule is O=C(Cn1cccn1)N1CCC[C@H]1c1ccc2c(c1)OCCO2. The predicted octanol–water partition coefficient (Wildman–Crippen LogP) is 2.02. The lowest BCUT2D eigenvalue weighted by atomic mass is 10.0. The third-order valence-electron chi connectivity index (χ3n) is 4.38. The van der Waals surface area contributed by atoms with E-state index in [0.29, 0.717) is 13.2 Å². The quantitative estimate of drug-likeness (QED) is 0.870. The molecule has 0 saturated carbocycles. The highest BCUT2D eigenvalue weighted by atomic mass is 16.6. The molecule has 0 N–H and O–H groups in total. The molecule has 2 aliphatic heterocycles. The first-order valence-corrected chi connectivity index (χ1v) is 7.98. The molecule has 1 atom stereocenters. The average molecular weight is 313 g/mol. The fourth-order valence-corrected chi connectivity index (χ4v) is 3.30. The summed E-state index contributed by atoms with van der Waals surface area (Å²) in [6, 6.07) is 7.93. The Morgan fingerprint density at radius 2 is 2.13 bits per heavy atom. The minimum Gasteiger partial charge on any atom is -0.486 e. The molecule has 120 valence electrons. The van der Waals surface area contributed by atoms with Crippen molar-refractivity contribution in [3.8, 4) is 11.5 Å². The molecule has 6 heteroatoms. The minimum absolute atomic E-state index is 0.103. The van der Waals surface area contributed by atoms with E-state index in [1.807, 2.05) is 35.4 Å². The van der Waals surface area contributed by atoms with Crippen molar-refractivity contribution in [2.75, 3.05) is 19.8 Å². The number of aromatic nitrogens is 2. The van der Waals surface area contributed by atoms with Gasteiger partial charge in [0.1, 0.15) is 19.8 Å². The van der Waals surface area contributed by atoms with E-state index in [0.717, 1.165) is 36.4 Å². The molecular weight excluding hydrogens is 294 g/mol. The predicted molar refractivity (Wildman–Crippen MR) is 83.3 cm³/mol. The topological polar surface area (TPSA) is 56.6 Å². The lowest BCUT2D eigenvalue weighted by Crippen LogP contribution is -2.33. The average Bonchev–Trinajstić information content (AvgIpc) is 3.25. The first-order chi connectivity index (χ1) is 11.3. The second-order valence-corrected chi connectivity index (χ2v) is 5.85. The largest absolute Gasteiger partial charge is 0.486 e. The van der Waals surface area contributed by atoms with Gasteiger partial charge in [0.2, 0.25) is 5.91 Å². The van der Waals surface area contributed by atoms with E-state index in [1.165, 1.54) is 0 Å². The highest BCUT2D eigenvalue weighted by Gasteiger charge is 2.30. The van der Waals surface area contributed by atoms with Gasteiger partial charge < -0.3 is 14.4 Å². The summed E-state index contributed by atoms with van der Waals surface area (Å²) in [5.41, 5.74) is 1.11. The van der Waals surface area contributed by atoms with Crippen LogP contribution < -0.4 is 9.47 Å². The van der Waals surface area contributed by atoms with Crippen LogP contribution in [0.15, 0.2) is 36.7 Å². The minimum atomic E-state index is 0.103. The van der Waals surface area contributed by atoms with Gasteiger partial charge in [-0.25, -0.2) is 0 Å². The second-order valence-electron chi connectivity index (χ2n) is 5.85. The van der Waals surface area contributed by atoms with Gasteiger partial charge in [0.05, 0.1) is 6.04 Å². The number of benzene rings is 1.